The largest absolute Gasteiger partial charge is 0.496 e. The van der Waals surface area contributed by atoms with Crippen LogP contribution >= 0.6 is 0 Å². The minimum Gasteiger partial charge on any atom is -0.496 e. The predicted octanol–water partition coefficient (Wildman–Crippen LogP) is 2.78. The molecule has 0 fully saturated rings. The van der Waals surface area contributed by atoms with Crippen molar-refractivity contribution < 1.29 is 14.3 Å². The number of benzene rings is 1. The van der Waals surface area contributed by atoms with Crippen LogP contribution in [0.15, 0.2) is 30.5 Å². The van der Waals surface area contributed by atoms with Crippen LogP contribution in [-0.4, -0.2) is 43.2 Å². The van der Waals surface area contributed by atoms with Gasteiger partial charge in [0.25, 0.3) is 0 Å². The lowest BCUT2D eigenvalue weighted by molar-refractivity contribution is 0.0378. The lowest BCUT2D eigenvalue weighted by Crippen LogP contribution is -2.20. The van der Waals surface area contributed by atoms with Gasteiger partial charge < -0.3 is 14.4 Å². The summed E-state index contributed by atoms with van der Waals surface area (Å²) in [4.78, 5) is 22.8. The van der Waals surface area contributed by atoms with Crippen molar-refractivity contribution in [2.24, 2.45) is 0 Å². The van der Waals surface area contributed by atoms with Crippen LogP contribution < -0.4 is 9.64 Å². The van der Waals surface area contributed by atoms with Crippen molar-refractivity contribution in [3.8, 4) is 17.1 Å². The van der Waals surface area contributed by atoms with Gasteiger partial charge in [-0.1, -0.05) is 12.1 Å². The van der Waals surface area contributed by atoms with E-state index in [0.29, 0.717) is 23.0 Å². The van der Waals surface area contributed by atoms with E-state index in [0.717, 1.165) is 5.56 Å². The number of aromatic nitrogens is 2. The molecular formula is C17H21N3O3. The van der Waals surface area contributed by atoms with Crippen LogP contribution in [0.1, 0.15) is 24.2 Å². The number of nitrogens with zero attached hydrogens (tertiary/aromatic N) is 3. The van der Waals surface area contributed by atoms with E-state index < -0.39 is 5.97 Å². The number of methoxy groups -OCH3 is 1. The van der Waals surface area contributed by atoms with Crippen molar-refractivity contribution in [3.05, 3.63) is 36.0 Å². The molecule has 0 aliphatic heterocycles. The molecule has 0 aliphatic carbocycles. The number of ether oxygens (including phenoxy) is 2. The molecule has 6 nitrogen and oxygen atoms in total. The number of para-hydroxylation sites is 1. The summed E-state index contributed by atoms with van der Waals surface area (Å²) in [5.74, 6) is 1.24. The van der Waals surface area contributed by atoms with E-state index in [1.165, 1.54) is 6.20 Å². The van der Waals surface area contributed by atoms with E-state index in [1.807, 2.05) is 38.4 Å². The maximum Gasteiger partial charge on any atom is 0.343 e. The molecular weight excluding hydrogens is 294 g/mol. The molecule has 23 heavy (non-hydrogen) atoms. The number of esters is 1. The van der Waals surface area contributed by atoms with E-state index in [2.05, 4.69) is 9.97 Å². The van der Waals surface area contributed by atoms with Gasteiger partial charge in [-0.25, -0.2) is 14.8 Å². The topological polar surface area (TPSA) is 64.6 Å². The fourth-order valence-electron chi connectivity index (χ4n) is 2.09. The van der Waals surface area contributed by atoms with E-state index in [9.17, 15) is 4.79 Å². The molecule has 2 aromatic rings. The maximum atomic E-state index is 12.2. The Hall–Kier alpha value is -2.63. The van der Waals surface area contributed by atoms with Crippen LogP contribution in [0.4, 0.5) is 5.82 Å². The van der Waals surface area contributed by atoms with E-state index in [1.54, 1.807) is 25.9 Å². The van der Waals surface area contributed by atoms with E-state index in [-0.39, 0.29) is 6.10 Å². The molecule has 1 aromatic carbocycles. The second-order valence-corrected chi connectivity index (χ2v) is 5.48. The lowest BCUT2D eigenvalue weighted by Gasteiger charge is -2.17. The zero-order valence-corrected chi connectivity index (χ0v) is 14.0. The predicted molar refractivity (Wildman–Crippen MR) is 88.9 cm³/mol. The van der Waals surface area contributed by atoms with Crippen LogP contribution in [-0.2, 0) is 4.74 Å². The summed E-state index contributed by atoms with van der Waals surface area (Å²) >= 11 is 0. The number of carbonyl (C=O) groups is 1. The van der Waals surface area contributed by atoms with Crippen molar-refractivity contribution in [2.75, 3.05) is 26.1 Å². The minimum absolute atomic E-state index is 0.202. The summed E-state index contributed by atoms with van der Waals surface area (Å²) in [5.41, 5.74) is 1.10. The van der Waals surface area contributed by atoms with Crippen molar-refractivity contribution in [1.29, 1.82) is 0 Å². The fourth-order valence-corrected chi connectivity index (χ4v) is 2.09. The van der Waals surface area contributed by atoms with Gasteiger partial charge in [-0.3, -0.25) is 0 Å². The number of hydrogen-bond acceptors (Lipinski definition) is 6. The summed E-state index contributed by atoms with van der Waals surface area (Å²) in [7, 11) is 5.24. The molecule has 2 rings (SSSR count). The average Bonchev–Trinajstić information content (AvgIpc) is 2.53. The third-order valence-electron chi connectivity index (χ3n) is 3.10. The SMILES string of the molecule is COc1ccccc1-c1ncc(C(=O)OC(C)C)c(N(C)C)n1. The van der Waals surface area contributed by atoms with Crippen LogP contribution in [0.2, 0.25) is 0 Å². The maximum absolute atomic E-state index is 12.2. The monoisotopic (exact) mass is 315 g/mol. The van der Waals surface area contributed by atoms with Crippen molar-refractivity contribution in [2.45, 2.75) is 20.0 Å². The van der Waals surface area contributed by atoms with E-state index >= 15 is 0 Å². The second kappa shape index (κ2) is 7.09. The third kappa shape index (κ3) is 3.77. The molecule has 0 saturated heterocycles. The molecule has 6 heteroatoms. The zero-order valence-electron chi connectivity index (χ0n) is 14.0. The highest BCUT2D eigenvalue weighted by atomic mass is 16.5. The Kier molecular flexibility index (Phi) is 5.16. The molecule has 0 unspecified atom stereocenters. The molecule has 0 saturated carbocycles. The molecule has 0 spiro atoms. The van der Waals surface area contributed by atoms with Crippen LogP contribution in [0.25, 0.3) is 11.4 Å². The Labute approximate surface area is 136 Å². The molecule has 122 valence electrons. The Balaban J connectivity index is 2.50. The molecule has 0 radical (unpaired) electrons. The molecule has 0 atom stereocenters. The van der Waals surface area contributed by atoms with Gasteiger partial charge in [0, 0.05) is 20.3 Å². The molecule has 1 heterocycles. The minimum atomic E-state index is -0.435. The first-order valence-corrected chi connectivity index (χ1v) is 7.32. The van der Waals surface area contributed by atoms with Gasteiger partial charge in [-0.15, -0.1) is 0 Å². The normalized spacial score (nSPS) is 10.5. The Morgan fingerprint density at radius 3 is 2.52 bits per heavy atom. The molecule has 0 bridgehead atoms. The smallest absolute Gasteiger partial charge is 0.343 e. The molecule has 0 aliphatic rings. The number of hydrogen-bond donors (Lipinski definition) is 0. The highest BCUT2D eigenvalue weighted by molar-refractivity contribution is 5.95. The summed E-state index contributed by atoms with van der Waals surface area (Å²) in [6.07, 6.45) is 1.29. The van der Waals surface area contributed by atoms with Gasteiger partial charge in [-0.05, 0) is 26.0 Å². The summed E-state index contributed by atoms with van der Waals surface area (Å²) < 4.78 is 10.6. The van der Waals surface area contributed by atoms with Crippen molar-refractivity contribution in [3.63, 3.8) is 0 Å². The fraction of sp³-hybridized carbons (Fsp3) is 0.353. The van der Waals surface area contributed by atoms with Gasteiger partial charge in [0.2, 0.25) is 0 Å². The molecule has 0 N–H and O–H groups in total. The first-order chi connectivity index (χ1) is 10.9. The number of rotatable bonds is 5. The Morgan fingerprint density at radius 2 is 1.91 bits per heavy atom. The summed E-state index contributed by atoms with van der Waals surface area (Å²) in [5, 5.41) is 0. The van der Waals surface area contributed by atoms with Crippen LogP contribution in [0, 0.1) is 0 Å². The van der Waals surface area contributed by atoms with Gasteiger partial charge in [0.15, 0.2) is 5.82 Å². The first kappa shape index (κ1) is 16.7. The van der Waals surface area contributed by atoms with Crippen molar-refractivity contribution in [1.82, 2.24) is 9.97 Å². The van der Waals surface area contributed by atoms with Gasteiger partial charge >= 0.3 is 5.97 Å². The molecule has 0 amide bonds. The van der Waals surface area contributed by atoms with Gasteiger partial charge in [0.1, 0.15) is 17.1 Å². The lowest BCUT2D eigenvalue weighted by atomic mass is 10.2. The third-order valence-corrected chi connectivity index (χ3v) is 3.10. The van der Waals surface area contributed by atoms with Crippen LogP contribution in [0.5, 0.6) is 5.75 Å². The van der Waals surface area contributed by atoms with E-state index in [4.69, 9.17) is 9.47 Å². The zero-order chi connectivity index (χ0) is 17.0. The van der Waals surface area contributed by atoms with Gasteiger partial charge in [-0.2, -0.15) is 0 Å². The molecule has 1 aromatic heterocycles. The average molecular weight is 315 g/mol. The first-order valence-electron chi connectivity index (χ1n) is 7.32. The van der Waals surface area contributed by atoms with Crippen molar-refractivity contribution >= 4 is 11.8 Å². The van der Waals surface area contributed by atoms with Crippen LogP contribution in [0.3, 0.4) is 0 Å². The highest BCUT2D eigenvalue weighted by Crippen LogP contribution is 2.29. The number of carbonyl (C=O) groups excluding carboxylic acids is 1. The van der Waals surface area contributed by atoms with Gasteiger partial charge in [0.05, 0.1) is 18.8 Å². The summed E-state index contributed by atoms with van der Waals surface area (Å²) in [6, 6.07) is 7.48. The standard InChI is InChI=1S/C17H21N3O3/c1-11(2)23-17(21)13-10-18-15(19-16(13)20(3)4)12-8-6-7-9-14(12)22-5/h6-11H,1-5H3. The highest BCUT2D eigenvalue weighted by Gasteiger charge is 2.20. The summed E-state index contributed by atoms with van der Waals surface area (Å²) in [6.45, 7) is 3.61. The number of anilines is 1. The quantitative estimate of drug-likeness (QED) is 0.791. The Bertz CT molecular complexity index is 699. The Morgan fingerprint density at radius 1 is 1.22 bits per heavy atom. The second-order valence-electron chi connectivity index (χ2n) is 5.48.